The van der Waals surface area contributed by atoms with Gasteiger partial charge < -0.3 is 9.47 Å². The first kappa shape index (κ1) is 16.7. The molecule has 0 N–H and O–H groups in total. The number of carbonyl (C=O) groups is 2. The summed E-state index contributed by atoms with van der Waals surface area (Å²) in [6.45, 7) is 13.9. The van der Waals surface area contributed by atoms with Gasteiger partial charge in [-0.3, -0.25) is 9.59 Å². The van der Waals surface area contributed by atoms with Crippen LogP contribution in [0.3, 0.4) is 0 Å². The lowest BCUT2D eigenvalue weighted by Crippen LogP contribution is -2.38. The van der Waals surface area contributed by atoms with Crippen LogP contribution in [0.5, 0.6) is 0 Å². The Balaban J connectivity index is 4.15. The van der Waals surface area contributed by atoms with Gasteiger partial charge in [0.25, 0.3) is 0 Å². The van der Waals surface area contributed by atoms with Crippen molar-refractivity contribution in [3.63, 3.8) is 0 Å². The van der Waals surface area contributed by atoms with E-state index in [-0.39, 0.29) is 24.8 Å². The van der Waals surface area contributed by atoms with E-state index in [2.05, 4.69) is 13.2 Å². The van der Waals surface area contributed by atoms with E-state index in [1.54, 1.807) is 27.7 Å². The Morgan fingerprint density at radius 1 is 0.889 bits per heavy atom. The van der Waals surface area contributed by atoms with Crippen molar-refractivity contribution in [2.45, 2.75) is 38.9 Å². The predicted octanol–water partition coefficient (Wildman–Crippen LogP) is 2.09. The molecular weight excluding hydrogens is 232 g/mol. The van der Waals surface area contributed by atoms with Gasteiger partial charge in [-0.2, -0.15) is 0 Å². The van der Waals surface area contributed by atoms with Gasteiger partial charge in [0.1, 0.15) is 11.2 Å². The third-order valence-corrected chi connectivity index (χ3v) is 2.57. The van der Waals surface area contributed by atoms with Crippen molar-refractivity contribution in [2.75, 3.05) is 13.2 Å². The molecule has 0 aromatic rings. The Kier molecular flexibility index (Phi) is 6.15. The maximum atomic E-state index is 11.4. The lowest BCUT2D eigenvalue weighted by Gasteiger charge is -2.25. The first-order chi connectivity index (χ1) is 8.17. The second-order valence-electron chi connectivity index (χ2n) is 4.85. The molecule has 0 aromatic heterocycles. The normalized spacial score (nSPS) is 12.0. The zero-order valence-electron chi connectivity index (χ0n) is 11.6. The van der Waals surface area contributed by atoms with Crippen LogP contribution in [0.2, 0.25) is 0 Å². The summed E-state index contributed by atoms with van der Waals surface area (Å²) in [5.41, 5.74) is -1.84. The molecule has 18 heavy (non-hydrogen) atoms. The Bertz CT molecular complexity index is 306. The van der Waals surface area contributed by atoms with Gasteiger partial charge in [0.15, 0.2) is 11.6 Å². The standard InChI is InChI=1S/C14H22O4/c1-7-11(15)13(3,4)17-9-10-18-14(5,6)12(16)8-2/h7-8H,1-2,9-10H2,3-6H3. The molecule has 0 heterocycles. The van der Waals surface area contributed by atoms with Crippen LogP contribution in [0, 0.1) is 0 Å². The van der Waals surface area contributed by atoms with E-state index >= 15 is 0 Å². The van der Waals surface area contributed by atoms with E-state index in [1.807, 2.05) is 0 Å². The first-order valence-electron chi connectivity index (χ1n) is 5.79. The quantitative estimate of drug-likeness (QED) is 0.467. The monoisotopic (exact) mass is 254 g/mol. The molecule has 0 amide bonds. The largest absolute Gasteiger partial charge is 0.365 e. The van der Waals surface area contributed by atoms with Crippen LogP contribution in [0.15, 0.2) is 25.3 Å². The molecule has 4 heteroatoms. The van der Waals surface area contributed by atoms with E-state index in [0.717, 1.165) is 0 Å². The van der Waals surface area contributed by atoms with Gasteiger partial charge in [-0.05, 0) is 39.8 Å². The average Bonchev–Trinajstić information content (AvgIpc) is 2.32. The number of ketones is 2. The highest BCUT2D eigenvalue weighted by molar-refractivity contribution is 5.96. The highest BCUT2D eigenvalue weighted by Gasteiger charge is 2.28. The van der Waals surface area contributed by atoms with Gasteiger partial charge >= 0.3 is 0 Å². The van der Waals surface area contributed by atoms with Crippen molar-refractivity contribution in [3.05, 3.63) is 25.3 Å². The van der Waals surface area contributed by atoms with Crippen LogP contribution in [-0.4, -0.2) is 36.0 Å². The Labute approximate surface area is 109 Å². The number of carbonyl (C=O) groups excluding carboxylic acids is 2. The third-order valence-electron chi connectivity index (χ3n) is 2.57. The van der Waals surface area contributed by atoms with Crippen molar-refractivity contribution >= 4 is 11.6 Å². The second-order valence-corrected chi connectivity index (χ2v) is 4.85. The Morgan fingerprint density at radius 3 is 1.39 bits per heavy atom. The molecule has 0 fully saturated rings. The molecule has 0 saturated heterocycles. The van der Waals surface area contributed by atoms with Gasteiger partial charge in [0.2, 0.25) is 0 Å². The summed E-state index contributed by atoms with van der Waals surface area (Å²) >= 11 is 0. The smallest absolute Gasteiger partial charge is 0.186 e. The lowest BCUT2D eigenvalue weighted by atomic mass is 10.0. The zero-order chi connectivity index (χ0) is 14.4. The summed E-state index contributed by atoms with van der Waals surface area (Å²) in [6, 6.07) is 0. The summed E-state index contributed by atoms with van der Waals surface area (Å²) in [6.07, 6.45) is 2.46. The molecule has 0 bridgehead atoms. The topological polar surface area (TPSA) is 52.6 Å². The minimum Gasteiger partial charge on any atom is -0.365 e. The average molecular weight is 254 g/mol. The van der Waals surface area contributed by atoms with Gasteiger partial charge in [0, 0.05) is 0 Å². The van der Waals surface area contributed by atoms with E-state index in [9.17, 15) is 9.59 Å². The van der Waals surface area contributed by atoms with Crippen molar-refractivity contribution < 1.29 is 19.1 Å². The zero-order valence-corrected chi connectivity index (χ0v) is 11.6. The van der Waals surface area contributed by atoms with Gasteiger partial charge in [-0.1, -0.05) is 13.2 Å². The highest BCUT2D eigenvalue weighted by Crippen LogP contribution is 2.14. The number of hydrogen-bond donors (Lipinski definition) is 0. The second kappa shape index (κ2) is 6.61. The summed E-state index contributed by atoms with van der Waals surface area (Å²) in [5, 5.41) is 0. The van der Waals surface area contributed by atoms with Crippen LogP contribution < -0.4 is 0 Å². The van der Waals surface area contributed by atoms with Crippen molar-refractivity contribution in [3.8, 4) is 0 Å². The number of hydrogen-bond acceptors (Lipinski definition) is 4. The van der Waals surface area contributed by atoms with Crippen molar-refractivity contribution in [1.82, 2.24) is 0 Å². The molecule has 0 aliphatic rings. The van der Waals surface area contributed by atoms with Crippen LogP contribution in [0.25, 0.3) is 0 Å². The van der Waals surface area contributed by atoms with Gasteiger partial charge in [0.05, 0.1) is 13.2 Å². The number of ether oxygens (including phenoxy) is 2. The van der Waals surface area contributed by atoms with E-state index < -0.39 is 11.2 Å². The van der Waals surface area contributed by atoms with E-state index in [4.69, 9.17) is 9.47 Å². The minimum absolute atomic E-state index is 0.191. The summed E-state index contributed by atoms with van der Waals surface area (Å²) < 4.78 is 10.8. The molecule has 0 radical (unpaired) electrons. The Morgan fingerprint density at radius 2 is 1.17 bits per heavy atom. The summed E-state index contributed by atoms with van der Waals surface area (Å²) in [4.78, 5) is 22.9. The highest BCUT2D eigenvalue weighted by atomic mass is 16.5. The molecule has 0 aromatic carbocycles. The molecule has 0 saturated carbocycles. The van der Waals surface area contributed by atoms with Gasteiger partial charge in [-0.25, -0.2) is 0 Å². The minimum atomic E-state index is -0.919. The van der Waals surface area contributed by atoms with Crippen molar-refractivity contribution in [2.24, 2.45) is 0 Å². The number of rotatable bonds is 9. The van der Waals surface area contributed by atoms with E-state index in [0.29, 0.717) is 0 Å². The van der Waals surface area contributed by atoms with Crippen molar-refractivity contribution in [1.29, 1.82) is 0 Å². The fourth-order valence-electron chi connectivity index (χ4n) is 1.23. The fraction of sp³-hybridized carbons (Fsp3) is 0.571. The molecule has 0 atom stereocenters. The Hall–Kier alpha value is -1.26. The molecule has 0 aliphatic carbocycles. The third kappa shape index (κ3) is 4.94. The molecule has 0 aliphatic heterocycles. The van der Waals surface area contributed by atoms with Crippen LogP contribution in [0.4, 0.5) is 0 Å². The first-order valence-corrected chi connectivity index (χ1v) is 5.79. The molecule has 102 valence electrons. The van der Waals surface area contributed by atoms with Crippen LogP contribution in [-0.2, 0) is 19.1 Å². The van der Waals surface area contributed by atoms with Crippen LogP contribution in [0.1, 0.15) is 27.7 Å². The molecular formula is C14H22O4. The fourth-order valence-corrected chi connectivity index (χ4v) is 1.23. The van der Waals surface area contributed by atoms with E-state index in [1.165, 1.54) is 12.2 Å². The maximum Gasteiger partial charge on any atom is 0.186 e. The lowest BCUT2D eigenvalue weighted by molar-refractivity contribution is -0.146. The molecule has 0 rings (SSSR count). The maximum absolute atomic E-state index is 11.4. The summed E-state index contributed by atoms with van der Waals surface area (Å²) in [5.74, 6) is -0.382. The SMILES string of the molecule is C=CC(=O)C(C)(C)OCCOC(C)(C)C(=O)C=C. The molecule has 0 spiro atoms. The van der Waals surface area contributed by atoms with Crippen LogP contribution >= 0.6 is 0 Å². The summed E-state index contributed by atoms with van der Waals surface area (Å²) in [7, 11) is 0. The molecule has 0 unspecified atom stereocenters. The molecule has 4 nitrogen and oxygen atoms in total. The predicted molar refractivity (Wildman–Crippen MR) is 70.5 cm³/mol. The van der Waals surface area contributed by atoms with Gasteiger partial charge in [-0.15, -0.1) is 0 Å².